The Morgan fingerprint density at radius 3 is 1.23 bits per heavy atom. The summed E-state index contributed by atoms with van der Waals surface area (Å²) in [6, 6.07) is -0.562. The van der Waals surface area contributed by atoms with E-state index in [0.29, 0.717) is 25.9 Å². The zero-order chi connectivity index (χ0) is 47.2. The average molecular weight is 915 g/mol. The first-order valence-corrected chi connectivity index (χ1v) is 28.7. The van der Waals surface area contributed by atoms with E-state index in [9.17, 15) is 19.8 Å². The summed E-state index contributed by atoms with van der Waals surface area (Å²) in [7, 11) is 0. The number of carbonyl (C=O) groups is 2. The van der Waals surface area contributed by atoms with Crippen molar-refractivity contribution in [3.63, 3.8) is 0 Å². The molecule has 2 unspecified atom stereocenters. The summed E-state index contributed by atoms with van der Waals surface area (Å²) in [5, 5.41) is 23.2. The number of nitrogens with one attached hydrogen (secondary N) is 1. The SMILES string of the molecule is CCCCC/C=C\C/C=C\CCCCCCCCCCCC(=O)OCCCCCCCC/C=C\CCCCCC(=O)NC(CO)C(O)CCCCCCCCCCCCCCCCCC. The third-order valence-corrected chi connectivity index (χ3v) is 13.2. The van der Waals surface area contributed by atoms with E-state index in [1.807, 2.05) is 0 Å². The predicted molar refractivity (Wildman–Crippen MR) is 283 cm³/mol. The molecule has 2 atom stereocenters. The maximum atomic E-state index is 12.5. The Bertz CT molecular complexity index is 1060. The molecule has 0 saturated carbocycles. The van der Waals surface area contributed by atoms with E-state index < -0.39 is 12.1 Å². The summed E-state index contributed by atoms with van der Waals surface area (Å²) in [6.45, 7) is 4.89. The highest BCUT2D eigenvalue weighted by Crippen LogP contribution is 2.17. The second-order valence-corrected chi connectivity index (χ2v) is 19.6. The predicted octanol–water partition coefficient (Wildman–Crippen LogP) is 17.6. The number of allylic oxidation sites excluding steroid dienone is 6. The van der Waals surface area contributed by atoms with Crippen molar-refractivity contribution in [3.05, 3.63) is 36.5 Å². The smallest absolute Gasteiger partial charge is 0.305 e. The van der Waals surface area contributed by atoms with Gasteiger partial charge >= 0.3 is 5.97 Å². The van der Waals surface area contributed by atoms with Crippen LogP contribution in [0.3, 0.4) is 0 Å². The molecule has 0 spiro atoms. The van der Waals surface area contributed by atoms with Gasteiger partial charge in [0.25, 0.3) is 0 Å². The van der Waals surface area contributed by atoms with Crippen LogP contribution in [-0.4, -0.2) is 47.4 Å². The molecule has 1 amide bonds. The van der Waals surface area contributed by atoms with Crippen LogP contribution < -0.4 is 5.32 Å². The summed E-state index contributed by atoms with van der Waals surface area (Å²) >= 11 is 0. The van der Waals surface area contributed by atoms with Crippen molar-refractivity contribution in [2.24, 2.45) is 0 Å². The van der Waals surface area contributed by atoms with Gasteiger partial charge in [-0.1, -0.05) is 243 Å². The van der Waals surface area contributed by atoms with E-state index in [1.54, 1.807) is 0 Å². The molecule has 3 N–H and O–H groups in total. The molecule has 0 aromatic carbocycles. The molecule has 6 nitrogen and oxygen atoms in total. The van der Waals surface area contributed by atoms with Gasteiger partial charge in [-0.25, -0.2) is 0 Å². The van der Waals surface area contributed by atoms with Gasteiger partial charge in [0.05, 0.1) is 25.4 Å². The molecule has 0 aliphatic heterocycles. The minimum absolute atomic E-state index is 0.0163. The van der Waals surface area contributed by atoms with E-state index in [1.165, 1.54) is 193 Å². The van der Waals surface area contributed by atoms with Crippen LogP contribution in [0.15, 0.2) is 36.5 Å². The molecular weight excluding hydrogens is 803 g/mol. The van der Waals surface area contributed by atoms with Crippen LogP contribution in [0.2, 0.25) is 0 Å². The van der Waals surface area contributed by atoms with Crippen LogP contribution in [-0.2, 0) is 14.3 Å². The number of aliphatic hydroxyl groups excluding tert-OH is 2. The number of carbonyl (C=O) groups excluding carboxylic acids is 2. The largest absolute Gasteiger partial charge is 0.466 e. The molecule has 0 fully saturated rings. The standard InChI is InChI=1S/C59H111NO5/c1-3-5-7-9-11-13-15-17-19-21-22-23-25-29-33-37-41-45-49-53-59(64)65-54-50-46-42-38-34-30-26-28-32-36-40-44-48-52-58(63)60-56(55-61)57(62)51-47-43-39-35-31-27-24-20-18-16-14-12-10-8-6-4-2/h11,13,17,19,28,32,56-57,61-62H,3-10,12,14-16,18,20-27,29-31,33-55H2,1-2H3,(H,60,63)/b13-11-,19-17-,32-28-. The molecule has 0 saturated heterocycles. The molecule has 0 aliphatic carbocycles. The minimum Gasteiger partial charge on any atom is -0.466 e. The van der Waals surface area contributed by atoms with Crippen molar-refractivity contribution in [2.75, 3.05) is 13.2 Å². The molecule has 0 aliphatic rings. The lowest BCUT2D eigenvalue weighted by molar-refractivity contribution is -0.143. The molecular formula is C59H111NO5. The Kier molecular flexibility index (Phi) is 53.1. The summed E-state index contributed by atoms with van der Waals surface area (Å²) in [5.41, 5.74) is 0. The molecule has 382 valence electrons. The lowest BCUT2D eigenvalue weighted by Gasteiger charge is -2.22. The quantitative estimate of drug-likeness (QED) is 0.0321. The fraction of sp³-hybridized carbons (Fsp3) is 0.864. The zero-order valence-electron chi connectivity index (χ0n) is 43.5. The third kappa shape index (κ3) is 51.3. The number of amides is 1. The third-order valence-electron chi connectivity index (χ3n) is 13.2. The van der Waals surface area contributed by atoms with Crippen LogP contribution >= 0.6 is 0 Å². The lowest BCUT2D eigenvalue weighted by Crippen LogP contribution is -2.45. The topological polar surface area (TPSA) is 95.9 Å². The highest BCUT2D eigenvalue weighted by atomic mass is 16.5. The number of ether oxygens (including phenoxy) is 1. The maximum absolute atomic E-state index is 12.5. The van der Waals surface area contributed by atoms with Gasteiger partial charge in [0.15, 0.2) is 0 Å². The van der Waals surface area contributed by atoms with Crippen LogP contribution in [0, 0.1) is 0 Å². The van der Waals surface area contributed by atoms with Crippen LogP contribution in [0.5, 0.6) is 0 Å². The minimum atomic E-state index is -0.682. The van der Waals surface area contributed by atoms with Crippen molar-refractivity contribution in [3.8, 4) is 0 Å². The molecule has 0 aromatic rings. The number of hydrogen-bond acceptors (Lipinski definition) is 5. The molecule has 0 aromatic heterocycles. The van der Waals surface area contributed by atoms with E-state index in [4.69, 9.17) is 4.74 Å². The first-order valence-electron chi connectivity index (χ1n) is 28.7. The molecule has 0 heterocycles. The highest BCUT2D eigenvalue weighted by molar-refractivity contribution is 5.76. The van der Waals surface area contributed by atoms with Crippen molar-refractivity contribution in [2.45, 2.75) is 315 Å². The second kappa shape index (κ2) is 54.7. The highest BCUT2D eigenvalue weighted by Gasteiger charge is 2.20. The van der Waals surface area contributed by atoms with Gasteiger partial charge in [0.2, 0.25) is 5.91 Å². The number of aliphatic hydroxyl groups is 2. The summed E-state index contributed by atoms with van der Waals surface area (Å²) < 4.78 is 5.47. The Morgan fingerprint density at radius 2 is 0.769 bits per heavy atom. The number of hydrogen-bond donors (Lipinski definition) is 3. The van der Waals surface area contributed by atoms with Crippen LogP contribution in [0.4, 0.5) is 0 Å². The van der Waals surface area contributed by atoms with Gasteiger partial charge in [-0.15, -0.1) is 0 Å². The van der Waals surface area contributed by atoms with Crippen molar-refractivity contribution in [1.82, 2.24) is 5.32 Å². The van der Waals surface area contributed by atoms with E-state index >= 15 is 0 Å². The fourth-order valence-corrected chi connectivity index (χ4v) is 8.72. The van der Waals surface area contributed by atoms with E-state index in [2.05, 4.69) is 55.6 Å². The summed E-state index contributed by atoms with van der Waals surface area (Å²) in [4.78, 5) is 24.5. The molecule has 65 heavy (non-hydrogen) atoms. The van der Waals surface area contributed by atoms with E-state index in [0.717, 1.165) is 77.0 Å². The monoisotopic (exact) mass is 914 g/mol. The number of unbranched alkanes of at least 4 members (excludes halogenated alkanes) is 36. The average Bonchev–Trinajstić information content (AvgIpc) is 3.31. The lowest BCUT2D eigenvalue weighted by atomic mass is 10.0. The van der Waals surface area contributed by atoms with Crippen molar-refractivity contribution in [1.29, 1.82) is 0 Å². The maximum Gasteiger partial charge on any atom is 0.305 e. The zero-order valence-corrected chi connectivity index (χ0v) is 43.5. The summed E-state index contributed by atoms with van der Waals surface area (Å²) in [6.07, 6.45) is 67.0. The Labute approximate surface area is 404 Å². The fourth-order valence-electron chi connectivity index (χ4n) is 8.72. The Hall–Kier alpha value is -1.92. The van der Waals surface area contributed by atoms with E-state index in [-0.39, 0.29) is 18.5 Å². The van der Waals surface area contributed by atoms with Gasteiger partial charge in [0, 0.05) is 12.8 Å². The normalized spacial score (nSPS) is 12.9. The van der Waals surface area contributed by atoms with Gasteiger partial charge in [-0.2, -0.15) is 0 Å². The molecule has 0 bridgehead atoms. The second-order valence-electron chi connectivity index (χ2n) is 19.6. The van der Waals surface area contributed by atoms with Crippen molar-refractivity contribution < 1.29 is 24.5 Å². The van der Waals surface area contributed by atoms with Gasteiger partial charge in [-0.3, -0.25) is 9.59 Å². The van der Waals surface area contributed by atoms with Gasteiger partial charge in [0.1, 0.15) is 0 Å². The van der Waals surface area contributed by atoms with Crippen LogP contribution in [0.25, 0.3) is 0 Å². The van der Waals surface area contributed by atoms with Crippen LogP contribution in [0.1, 0.15) is 303 Å². The molecule has 6 heteroatoms. The molecule has 0 rings (SSSR count). The van der Waals surface area contributed by atoms with Gasteiger partial charge < -0.3 is 20.3 Å². The molecule has 0 radical (unpaired) electrons. The summed E-state index contributed by atoms with van der Waals surface area (Å²) in [5.74, 6) is -0.0804. The first kappa shape index (κ1) is 63.1. The van der Waals surface area contributed by atoms with Crippen molar-refractivity contribution >= 4 is 11.9 Å². The Morgan fingerprint density at radius 1 is 0.431 bits per heavy atom. The number of rotatable bonds is 53. The number of esters is 1. The van der Waals surface area contributed by atoms with Gasteiger partial charge in [-0.05, 0) is 83.5 Å². The first-order chi connectivity index (χ1) is 32.0. The Balaban J connectivity index is 3.48.